The normalized spacial score (nSPS) is 11.2. The molecule has 22 heavy (non-hydrogen) atoms. The molecule has 0 radical (unpaired) electrons. The lowest BCUT2D eigenvalue weighted by molar-refractivity contribution is 0.0948. The summed E-state index contributed by atoms with van der Waals surface area (Å²) in [5.41, 5.74) is 0.304. The maximum atomic E-state index is 12.2. The average molecular weight is 361 g/mol. The first-order valence-electron chi connectivity index (χ1n) is 6.04. The summed E-state index contributed by atoms with van der Waals surface area (Å²) in [6.45, 7) is 0.175. The molecule has 0 spiro atoms. The Balaban J connectivity index is 2.10. The average Bonchev–Trinajstić information content (AvgIpc) is 2.93. The molecule has 0 bridgehead atoms. The van der Waals surface area contributed by atoms with E-state index >= 15 is 0 Å². The van der Waals surface area contributed by atoms with E-state index in [0.29, 0.717) is 21.2 Å². The van der Waals surface area contributed by atoms with Gasteiger partial charge in [0.25, 0.3) is 5.91 Å². The molecule has 0 saturated carbocycles. The number of carbonyl (C=O) groups is 1. The van der Waals surface area contributed by atoms with E-state index in [-0.39, 0.29) is 16.7 Å². The summed E-state index contributed by atoms with van der Waals surface area (Å²) < 4.78 is 27.6. The summed E-state index contributed by atoms with van der Waals surface area (Å²) in [6.07, 6.45) is 0. The van der Waals surface area contributed by atoms with E-state index in [1.807, 2.05) is 0 Å². The predicted molar refractivity (Wildman–Crippen MR) is 84.9 cm³/mol. The topological polar surface area (TPSA) is 98.5 Å². The lowest BCUT2D eigenvalue weighted by atomic mass is 10.2. The van der Waals surface area contributed by atoms with Crippen LogP contribution in [0.3, 0.4) is 0 Å². The Bertz CT molecular complexity index is 802. The zero-order valence-corrected chi connectivity index (χ0v) is 13.9. The van der Waals surface area contributed by atoms with Gasteiger partial charge in [0.15, 0.2) is 0 Å². The van der Waals surface area contributed by atoms with Crippen LogP contribution in [0.5, 0.6) is 5.75 Å². The number of amides is 1. The lowest BCUT2D eigenvalue weighted by Gasteiger charge is -2.09. The molecular formula is C13H13ClN2O4S2. The standard InChI is InChI=1S/C13H13ClN2O4S2/c1-20-11-4-2-8(14)6-10(11)13(17)16-7-9-3-5-12(21-9)22(15,18)19/h2-6H,7H2,1H3,(H,16,17)(H2,15,18,19). The van der Waals surface area contributed by atoms with Gasteiger partial charge >= 0.3 is 0 Å². The van der Waals surface area contributed by atoms with Crippen LogP contribution in [0.15, 0.2) is 34.5 Å². The molecule has 9 heteroatoms. The number of hydrogen-bond acceptors (Lipinski definition) is 5. The van der Waals surface area contributed by atoms with Crippen molar-refractivity contribution in [3.05, 3.63) is 45.8 Å². The number of benzene rings is 1. The van der Waals surface area contributed by atoms with Crippen LogP contribution in [0.25, 0.3) is 0 Å². The Labute approximate surface area is 136 Å². The van der Waals surface area contributed by atoms with Gasteiger partial charge in [-0.2, -0.15) is 0 Å². The molecule has 1 aromatic carbocycles. The lowest BCUT2D eigenvalue weighted by Crippen LogP contribution is -2.22. The van der Waals surface area contributed by atoms with Gasteiger partial charge < -0.3 is 10.1 Å². The third-order valence-electron chi connectivity index (χ3n) is 2.75. The molecule has 0 aliphatic rings. The van der Waals surface area contributed by atoms with E-state index in [9.17, 15) is 13.2 Å². The highest BCUT2D eigenvalue weighted by Crippen LogP contribution is 2.23. The van der Waals surface area contributed by atoms with Gasteiger partial charge in [0, 0.05) is 9.90 Å². The number of thiophene rings is 1. The molecule has 0 aliphatic carbocycles. The van der Waals surface area contributed by atoms with E-state index in [2.05, 4.69) is 5.32 Å². The largest absolute Gasteiger partial charge is 0.496 e. The molecule has 1 heterocycles. The molecule has 1 aromatic heterocycles. The molecule has 6 nitrogen and oxygen atoms in total. The first kappa shape index (κ1) is 16.8. The number of nitrogens with two attached hydrogens (primary N) is 1. The Kier molecular flexibility index (Phi) is 5.07. The minimum absolute atomic E-state index is 0.0529. The van der Waals surface area contributed by atoms with Crippen LogP contribution in [0.2, 0.25) is 5.02 Å². The fourth-order valence-corrected chi connectivity index (χ4v) is 3.62. The van der Waals surface area contributed by atoms with Gasteiger partial charge in [-0.1, -0.05) is 11.6 Å². The smallest absolute Gasteiger partial charge is 0.255 e. The molecule has 2 aromatic rings. The molecule has 2 rings (SSSR count). The second-order valence-electron chi connectivity index (χ2n) is 4.29. The fraction of sp³-hybridized carbons (Fsp3) is 0.154. The molecule has 3 N–H and O–H groups in total. The van der Waals surface area contributed by atoms with Crippen LogP contribution in [0, 0.1) is 0 Å². The van der Waals surface area contributed by atoms with E-state index < -0.39 is 10.0 Å². The minimum Gasteiger partial charge on any atom is -0.496 e. The Hall–Kier alpha value is -1.61. The van der Waals surface area contributed by atoms with E-state index in [0.717, 1.165) is 11.3 Å². The first-order chi connectivity index (χ1) is 10.3. The number of hydrogen-bond donors (Lipinski definition) is 2. The van der Waals surface area contributed by atoms with Crippen molar-refractivity contribution in [2.75, 3.05) is 7.11 Å². The highest BCUT2D eigenvalue weighted by atomic mass is 35.5. The van der Waals surface area contributed by atoms with E-state index in [1.54, 1.807) is 18.2 Å². The SMILES string of the molecule is COc1ccc(Cl)cc1C(=O)NCc1ccc(S(N)(=O)=O)s1. The van der Waals surface area contributed by atoms with E-state index in [4.69, 9.17) is 21.5 Å². The highest BCUT2D eigenvalue weighted by molar-refractivity contribution is 7.91. The van der Waals surface area contributed by atoms with Crippen LogP contribution < -0.4 is 15.2 Å². The summed E-state index contributed by atoms with van der Waals surface area (Å²) >= 11 is 6.88. The van der Waals surface area contributed by atoms with Gasteiger partial charge in [0.2, 0.25) is 10.0 Å². The minimum atomic E-state index is -3.72. The van der Waals surface area contributed by atoms with Crippen molar-refractivity contribution >= 4 is 38.9 Å². The maximum absolute atomic E-state index is 12.2. The summed E-state index contributed by atoms with van der Waals surface area (Å²) in [5, 5.41) is 8.13. The Morgan fingerprint density at radius 1 is 1.36 bits per heavy atom. The van der Waals surface area contributed by atoms with Crippen LogP contribution in [0.4, 0.5) is 0 Å². The van der Waals surface area contributed by atoms with Crippen molar-refractivity contribution in [1.82, 2.24) is 5.32 Å². The number of ether oxygens (including phenoxy) is 1. The second kappa shape index (κ2) is 6.66. The molecule has 0 atom stereocenters. The zero-order chi connectivity index (χ0) is 16.3. The molecule has 0 fully saturated rings. The Morgan fingerprint density at radius 2 is 2.09 bits per heavy atom. The number of rotatable bonds is 5. The van der Waals surface area contributed by atoms with Gasteiger partial charge in [0.1, 0.15) is 9.96 Å². The summed E-state index contributed by atoms with van der Waals surface area (Å²) in [6, 6.07) is 7.72. The monoisotopic (exact) mass is 360 g/mol. The van der Waals surface area contributed by atoms with Crippen molar-refractivity contribution in [2.24, 2.45) is 5.14 Å². The summed E-state index contributed by atoms with van der Waals surface area (Å²) in [7, 11) is -2.26. The van der Waals surface area contributed by atoms with Gasteiger partial charge in [-0.25, -0.2) is 13.6 Å². The zero-order valence-electron chi connectivity index (χ0n) is 11.5. The first-order valence-corrected chi connectivity index (χ1v) is 8.78. The highest BCUT2D eigenvalue weighted by Gasteiger charge is 2.15. The second-order valence-corrected chi connectivity index (χ2v) is 7.69. The summed E-state index contributed by atoms with van der Waals surface area (Å²) in [4.78, 5) is 12.8. The fourth-order valence-electron chi connectivity index (χ4n) is 1.73. The third-order valence-corrected chi connectivity index (χ3v) is 5.51. The number of halogens is 1. The van der Waals surface area contributed by atoms with Crippen molar-refractivity contribution in [2.45, 2.75) is 10.8 Å². The molecule has 0 unspecified atom stereocenters. The predicted octanol–water partition coefficient (Wildman–Crippen LogP) is 1.99. The van der Waals surface area contributed by atoms with Crippen LogP contribution in [0.1, 0.15) is 15.2 Å². The van der Waals surface area contributed by atoms with Gasteiger partial charge in [0.05, 0.1) is 19.2 Å². The van der Waals surface area contributed by atoms with E-state index in [1.165, 1.54) is 19.2 Å². The molecule has 118 valence electrons. The van der Waals surface area contributed by atoms with Gasteiger partial charge in [-0.3, -0.25) is 4.79 Å². The van der Waals surface area contributed by atoms with Crippen LogP contribution >= 0.6 is 22.9 Å². The number of carbonyl (C=O) groups excluding carboxylic acids is 1. The number of primary sulfonamides is 1. The quantitative estimate of drug-likeness (QED) is 0.851. The van der Waals surface area contributed by atoms with Crippen LogP contribution in [-0.4, -0.2) is 21.4 Å². The molecular weight excluding hydrogens is 348 g/mol. The number of sulfonamides is 1. The van der Waals surface area contributed by atoms with Crippen molar-refractivity contribution in [3.63, 3.8) is 0 Å². The van der Waals surface area contributed by atoms with Crippen molar-refractivity contribution in [3.8, 4) is 5.75 Å². The maximum Gasteiger partial charge on any atom is 0.255 e. The third kappa shape index (κ3) is 3.98. The molecule has 0 saturated heterocycles. The molecule has 0 aliphatic heterocycles. The van der Waals surface area contributed by atoms with Gasteiger partial charge in [-0.05, 0) is 30.3 Å². The number of nitrogens with one attached hydrogen (secondary N) is 1. The van der Waals surface area contributed by atoms with Crippen LogP contribution in [-0.2, 0) is 16.6 Å². The molecule has 1 amide bonds. The van der Waals surface area contributed by atoms with Gasteiger partial charge in [-0.15, -0.1) is 11.3 Å². The van der Waals surface area contributed by atoms with Crippen molar-refractivity contribution in [1.29, 1.82) is 0 Å². The number of methoxy groups -OCH3 is 1. The summed E-state index contributed by atoms with van der Waals surface area (Å²) in [5.74, 6) is 0.0308. The van der Waals surface area contributed by atoms with Crippen molar-refractivity contribution < 1.29 is 17.9 Å². The Morgan fingerprint density at radius 3 is 2.68 bits per heavy atom.